The van der Waals surface area contributed by atoms with Crippen LogP contribution in [-0.2, 0) is 27.5 Å². The van der Waals surface area contributed by atoms with Gasteiger partial charge in [-0.05, 0) is 35.9 Å². The van der Waals surface area contributed by atoms with E-state index in [1.807, 2.05) is 0 Å². The molecular weight excluding hydrogens is 400 g/mol. The highest BCUT2D eigenvalue weighted by Crippen LogP contribution is 2.29. The van der Waals surface area contributed by atoms with Crippen LogP contribution in [0.15, 0.2) is 47.4 Å². The van der Waals surface area contributed by atoms with Crippen molar-refractivity contribution in [2.24, 2.45) is 0 Å². The van der Waals surface area contributed by atoms with Gasteiger partial charge in [0.1, 0.15) is 10.7 Å². The summed E-state index contributed by atoms with van der Waals surface area (Å²) in [5, 5.41) is 2.91. The van der Waals surface area contributed by atoms with Gasteiger partial charge in [0.25, 0.3) is 0 Å². The molecule has 0 aliphatic carbocycles. The maximum atomic E-state index is 14.2. The SMILES string of the molecule is O=S(=O)(c1cc(NCc2ccc(C(F)(F)F)cc2)ccc1F)N1CCOCC1. The summed E-state index contributed by atoms with van der Waals surface area (Å²) in [6.07, 6.45) is -4.41. The first kappa shape index (κ1) is 20.6. The van der Waals surface area contributed by atoms with Crippen LogP contribution in [0.3, 0.4) is 0 Å². The Kier molecular flexibility index (Phi) is 5.92. The van der Waals surface area contributed by atoms with Crippen LogP contribution in [0.5, 0.6) is 0 Å². The molecule has 0 radical (unpaired) electrons. The number of morpholine rings is 1. The fourth-order valence-electron chi connectivity index (χ4n) is 2.75. The van der Waals surface area contributed by atoms with Crippen LogP contribution in [0.4, 0.5) is 23.2 Å². The second kappa shape index (κ2) is 8.06. The summed E-state index contributed by atoms with van der Waals surface area (Å²) in [5.41, 5.74) is 0.153. The van der Waals surface area contributed by atoms with Crippen LogP contribution in [0, 0.1) is 5.82 Å². The number of anilines is 1. The first-order valence-corrected chi connectivity index (χ1v) is 9.89. The van der Waals surface area contributed by atoms with E-state index < -0.39 is 32.5 Å². The van der Waals surface area contributed by atoms with Crippen LogP contribution in [0.25, 0.3) is 0 Å². The Bertz CT molecular complexity index is 925. The molecule has 2 aromatic carbocycles. The average Bonchev–Trinajstić information content (AvgIpc) is 2.67. The Morgan fingerprint density at radius 2 is 1.68 bits per heavy atom. The second-order valence-corrected chi connectivity index (χ2v) is 8.12. The van der Waals surface area contributed by atoms with Crippen molar-refractivity contribution < 1.29 is 30.7 Å². The van der Waals surface area contributed by atoms with Gasteiger partial charge in [0.05, 0.1) is 18.8 Å². The number of alkyl halides is 3. The van der Waals surface area contributed by atoms with Gasteiger partial charge in [0.2, 0.25) is 10.0 Å². The number of nitrogens with zero attached hydrogens (tertiary/aromatic N) is 1. The van der Waals surface area contributed by atoms with Gasteiger partial charge in [-0.3, -0.25) is 0 Å². The molecule has 1 saturated heterocycles. The van der Waals surface area contributed by atoms with Crippen molar-refractivity contribution in [3.63, 3.8) is 0 Å². The monoisotopic (exact) mass is 418 g/mol. The lowest BCUT2D eigenvalue weighted by Crippen LogP contribution is -2.40. The molecule has 0 atom stereocenters. The van der Waals surface area contributed by atoms with Crippen LogP contribution >= 0.6 is 0 Å². The van der Waals surface area contributed by atoms with Gasteiger partial charge in [-0.15, -0.1) is 0 Å². The van der Waals surface area contributed by atoms with Gasteiger partial charge in [-0.25, -0.2) is 12.8 Å². The molecule has 1 fully saturated rings. The van der Waals surface area contributed by atoms with Crippen LogP contribution in [0.2, 0.25) is 0 Å². The summed E-state index contributed by atoms with van der Waals surface area (Å²) in [5.74, 6) is -0.869. The van der Waals surface area contributed by atoms with Gasteiger partial charge < -0.3 is 10.1 Å². The van der Waals surface area contributed by atoms with Crippen molar-refractivity contribution in [3.8, 4) is 0 Å². The number of sulfonamides is 1. The molecule has 1 heterocycles. The maximum Gasteiger partial charge on any atom is 0.416 e. The van der Waals surface area contributed by atoms with Crippen molar-refractivity contribution in [2.75, 3.05) is 31.6 Å². The van der Waals surface area contributed by atoms with E-state index in [4.69, 9.17) is 4.74 Å². The first-order valence-electron chi connectivity index (χ1n) is 8.45. The van der Waals surface area contributed by atoms with E-state index in [1.54, 1.807) is 0 Å². The van der Waals surface area contributed by atoms with Gasteiger partial charge in [-0.1, -0.05) is 12.1 Å². The number of benzene rings is 2. The molecule has 10 heteroatoms. The largest absolute Gasteiger partial charge is 0.416 e. The molecule has 1 aliphatic heterocycles. The highest BCUT2D eigenvalue weighted by Gasteiger charge is 2.30. The number of halogens is 4. The fraction of sp³-hybridized carbons (Fsp3) is 0.333. The molecule has 0 saturated carbocycles. The lowest BCUT2D eigenvalue weighted by Gasteiger charge is -2.26. The Morgan fingerprint density at radius 3 is 2.29 bits per heavy atom. The molecule has 5 nitrogen and oxygen atoms in total. The van der Waals surface area contributed by atoms with Gasteiger partial charge >= 0.3 is 6.18 Å². The van der Waals surface area contributed by atoms with Crippen LogP contribution < -0.4 is 5.32 Å². The summed E-state index contributed by atoms with van der Waals surface area (Å²) in [4.78, 5) is -0.452. The topological polar surface area (TPSA) is 58.6 Å². The third-order valence-electron chi connectivity index (χ3n) is 4.30. The summed E-state index contributed by atoms with van der Waals surface area (Å²) < 4.78 is 83.6. The highest BCUT2D eigenvalue weighted by atomic mass is 32.2. The van der Waals surface area contributed by atoms with E-state index in [9.17, 15) is 26.0 Å². The van der Waals surface area contributed by atoms with E-state index in [2.05, 4.69) is 5.32 Å². The summed E-state index contributed by atoms with van der Waals surface area (Å²) in [6, 6.07) is 8.19. The third kappa shape index (κ3) is 4.62. The number of hydrogen-bond acceptors (Lipinski definition) is 4. The Hall–Kier alpha value is -2.17. The van der Waals surface area contributed by atoms with Crippen molar-refractivity contribution in [2.45, 2.75) is 17.6 Å². The molecular formula is C18H18F4N2O3S. The van der Waals surface area contributed by atoms with Crippen LogP contribution in [0.1, 0.15) is 11.1 Å². The number of ether oxygens (including phenoxy) is 1. The molecule has 0 spiro atoms. The van der Waals surface area contributed by atoms with Gasteiger partial charge in [0.15, 0.2) is 0 Å². The van der Waals surface area contributed by atoms with E-state index in [0.717, 1.165) is 22.5 Å². The van der Waals surface area contributed by atoms with Crippen LogP contribution in [-0.4, -0.2) is 39.0 Å². The third-order valence-corrected chi connectivity index (χ3v) is 6.21. The molecule has 0 unspecified atom stereocenters. The predicted molar refractivity (Wildman–Crippen MR) is 94.7 cm³/mol. The van der Waals surface area contributed by atoms with E-state index in [1.165, 1.54) is 24.3 Å². The Labute approximate surface area is 160 Å². The minimum atomic E-state index is -4.41. The normalized spacial score (nSPS) is 16.1. The maximum absolute atomic E-state index is 14.2. The van der Waals surface area contributed by atoms with E-state index >= 15 is 0 Å². The lowest BCUT2D eigenvalue weighted by molar-refractivity contribution is -0.137. The summed E-state index contributed by atoms with van der Waals surface area (Å²) in [6.45, 7) is 0.927. The standard InChI is InChI=1S/C18H18F4N2O3S/c19-16-6-5-15(11-17(16)28(25,26)24-7-9-27-10-8-24)23-12-13-1-3-14(4-2-13)18(20,21)22/h1-6,11,23H,7-10,12H2. The number of hydrogen-bond donors (Lipinski definition) is 1. The van der Waals surface area contributed by atoms with E-state index in [0.29, 0.717) is 11.3 Å². The lowest BCUT2D eigenvalue weighted by atomic mass is 10.1. The predicted octanol–water partition coefficient (Wildman–Crippen LogP) is 3.48. The average molecular weight is 418 g/mol. The van der Waals surface area contributed by atoms with Crippen molar-refractivity contribution in [3.05, 3.63) is 59.4 Å². The second-order valence-electron chi connectivity index (χ2n) is 6.21. The quantitative estimate of drug-likeness (QED) is 0.756. The fourth-order valence-corrected chi connectivity index (χ4v) is 4.25. The van der Waals surface area contributed by atoms with Crippen molar-refractivity contribution in [1.82, 2.24) is 4.31 Å². The minimum absolute atomic E-state index is 0.144. The van der Waals surface area contributed by atoms with Crippen molar-refractivity contribution >= 4 is 15.7 Å². The zero-order valence-electron chi connectivity index (χ0n) is 14.7. The zero-order chi connectivity index (χ0) is 20.4. The molecule has 0 bridgehead atoms. The van der Waals surface area contributed by atoms with Gasteiger partial charge in [0, 0.05) is 25.3 Å². The van der Waals surface area contributed by atoms with Gasteiger partial charge in [-0.2, -0.15) is 17.5 Å². The molecule has 2 aromatic rings. The molecule has 28 heavy (non-hydrogen) atoms. The Morgan fingerprint density at radius 1 is 1.04 bits per heavy atom. The number of rotatable bonds is 5. The van der Waals surface area contributed by atoms with Crippen molar-refractivity contribution in [1.29, 1.82) is 0 Å². The highest BCUT2D eigenvalue weighted by molar-refractivity contribution is 7.89. The number of nitrogens with one attached hydrogen (secondary N) is 1. The Balaban J connectivity index is 1.74. The molecule has 0 aromatic heterocycles. The molecule has 3 rings (SSSR count). The molecule has 0 amide bonds. The zero-order valence-corrected chi connectivity index (χ0v) is 15.5. The minimum Gasteiger partial charge on any atom is -0.381 e. The molecule has 1 aliphatic rings. The summed E-state index contributed by atoms with van der Waals surface area (Å²) >= 11 is 0. The molecule has 1 N–H and O–H groups in total. The molecule has 152 valence electrons. The first-order chi connectivity index (χ1) is 13.2. The smallest absolute Gasteiger partial charge is 0.381 e. The summed E-state index contributed by atoms with van der Waals surface area (Å²) in [7, 11) is -4.01. The van der Waals surface area contributed by atoms with E-state index in [-0.39, 0.29) is 32.8 Å².